The summed E-state index contributed by atoms with van der Waals surface area (Å²) in [6.07, 6.45) is 0.535. The fraction of sp³-hybridized carbons (Fsp3) is 0.417. The van der Waals surface area contributed by atoms with Crippen molar-refractivity contribution in [3.63, 3.8) is 0 Å². The monoisotopic (exact) mass is 451 g/mol. The molecule has 0 bridgehead atoms. The first-order chi connectivity index (χ1) is 15.8. The van der Waals surface area contributed by atoms with Crippen molar-refractivity contribution in [3.8, 4) is 6.07 Å². The molecule has 33 heavy (non-hydrogen) atoms. The van der Waals surface area contributed by atoms with Gasteiger partial charge in [-0.25, -0.2) is 0 Å². The summed E-state index contributed by atoms with van der Waals surface area (Å²) in [4.78, 5) is 43.1. The summed E-state index contributed by atoms with van der Waals surface area (Å²) in [6.45, 7) is 6.48. The smallest absolute Gasteiger partial charge is 0.266 e. The van der Waals surface area contributed by atoms with Crippen molar-refractivity contribution in [3.05, 3.63) is 57.0 Å². The summed E-state index contributed by atoms with van der Waals surface area (Å²) in [5.41, 5.74) is 3.40. The first-order valence-corrected chi connectivity index (χ1v) is 10.9. The number of amides is 2. The Kier molecular flexibility index (Phi) is 7.85. The molecule has 2 heterocycles. The van der Waals surface area contributed by atoms with Gasteiger partial charge in [0.15, 0.2) is 0 Å². The number of aromatic nitrogens is 1. The number of aromatic amines is 1. The lowest BCUT2D eigenvalue weighted by Crippen LogP contribution is -2.36. The number of carbonyl (C=O) groups excluding carboxylic acids is 2. The highest BCUT2D eigenvalue weighted by Crippen LogP contribution is 2.19. The van der Waals surface area contributed by atoms with E-state index < -0.39 is 5.56 Å². The van der Waals surface area contributed by atoms with Crippen LogP contribution in [0.2, 0.25) is 0 Å². The van der Waals surface area contributed by atoms with E-state index in [2.05, 4.69) is 15.2 Å². The lowest BCUT2D eigenvalue weighted by atomic mass is 9.99. The predicted molar refractivity (Wildman–Crippen MR) is 125 cm³/mol. The van der Waals surface area contributed by atoms with E-state index in [1.165, 1.54) is 4.90 Å². The van der Waals surface area contributed by atoms with Gasteiger partial charge in [-0.2, -0.15) is 5.26 Å². The molecule has 0 atom stereocenters. The lowest BCUT2D eigenvalue weighted by Gasteiger charge is -2.28. The van der Waals surface area contributed by atoms with Gasteiger partial charge in [0.25, 0.3) is 5.56 Å². The van der Waals surface area contributed by atoms with E-state index in [1.54, 1.807) is 20.9 Å². The van der Waals surface area contributed by atoms with E-state index >= 15 is 0 Å². The number of hydrogen-bond acceptors (Lipinski definition) is 6. The molecule has 1 fully saturated rings. The average molecular weight is 452 g/mol. The number of nitrogens with one attached hydrogen (secondary N) is 2. The minimum absolute atomic E-state index is 0.0652. The molecule has 9 nitrogen and oxygen atoms in total. The highest BCUT2D eigenvalue weighted by Gasteiger charge is 2.17. The average Bonchev–Trinajstić information content (AvgIpc) is 2.79. The van der Waals surface area contributed by atoms with E-state index in [0.717, 1.165) is 24.3 Å². The van der Waals surface area contributed by atoms with Crippen molar-refractivity contribution in [2.24, 2.45) is 0 Å². The molecule has 0 aliphatic carbocycles. The van der Waals surface area contributed by atoms with Crippen molar-refractivity contribution < 1.29 is 14.3 Å². The molecule has 1 aromatic heterocycles. The number of rotatable bonds is 7. The molecule has 1 saturated heterocycles. The number of pyridine rings is 1. The van der Waals surface area contributed by atoms with Gasteiger partial charge < -0.3 is 24.8 Å². The van der Waals surface area contributed by atoms with Crippen molar-refractivity contribution >= 4 is 23.2 Å². The van der Waals surface area contributed by atoms with Crippen LogP contribution in [0.5, 0.6) is 0 Å². The number of anilines is 2. The fourth-order valence-corrected chi connectivity index (χ4v) is 3.92. The molecule has 0 saturated carbocycles. The van der Waals surface area contributed by atoms with Gasteiger partial charge in [0.1, 0.15) is 11.6 Å². The molecule has 2 aromatic rings. The van der Waals surface area contributed by atoms with Gasteiger partial charge in [-0.15, -0.1) is 0 Å². The number of morpholine rings is 1. The van der Waals surface area contributed by atoms with Crippen LogP contribution in [0.1, 0.15) is 28.8 Å². The quantitative estimate of drug-likeness (QED) is 0.662. The Morgan fingerprint density at radius 2 is 1.88 bits per heavy atom. The first kappa shape index (κ1) is 24.0. The number of hydrogen-bond donors (Lipinski definition) is 2. The van der Waals surface area contributed by atoms with Gasteiger partial charge in [0, 0.05) is 43.6 Å². The molecule has 3 rings (SSSR count). The molecule has 1 aliphatic heterocycles. The second-order valence-corrected chi connectivity index (χ2v) is 8.11. The minimum Gasteiger partial charge on any atom is -0.378 e. The van der Waals surface area contributed by atoms with E-state index in [9.17, 15) is 19.6 Å². The standard InChI is InChI=1S/C24H29N5O4/c1-16-20(17(2)26-24(32)21(16)14-25)8-9-23(31)28(3)15-22(30)27-18-4-6-19(7-5-18)29-10-12-33-13-11-29/h4-7H,8-13,15H2,1-3H3,(H,26,32)(H,27,30). The van der Waals surface area contributed by atoms with Gasteiger partial charge in [-0.3, -0.25) is 14.4 Å². The molecule has 0 unspecified atom stereocenters. The minimum atomic E-state index is -0.422. The van der Waals surface area contributed by atoms with Crippen LogP contribution in [0, 0.1) is 25.2 Å². The molecule has 1 aromatic carbocycles. The Hall–Kier alpha value is -3.64. The van der Waals surface area contributed by atoms with Crippen LogP contribution in [-0.4, -0.2) is 61.6 Å². The molecule has 9 heteroatoms. The molecule has 0 radical (unpaired) electrons. The molecule has 174 valence electrons. The zero-order chi connectivity index (χ0) is 24.0. The molecular formula is C24H29N5O4. The van der Waals surface area contributed by atoms with Crippen LogP contribution in [0.3, 0.4) is 0 Å². The van der Waals surface area contributed by atoms with E-state index in [1.807, 2.05) is 30.3 Å². The van der Waals surface area contributed by atoms with Crippen LogP contribution < -0.4 is 15.8 Å². The van der Waals surface area contributed by atoms with Gasteiger partial charge in [-0.1, -0.05) is 0 Å². The summed E-state index contributed by atoms with van der Waals surface area (Å²) in [5, 5.41) is 12.0. The zero-order valence-corrected chi connectivity index (χ0v) is 19.2. The highest BCUT2D eigenvalue weighted by molar-refractivity contribution is 5.94. The van der Waals surface area contributed by atoms with Crippen molar-refractivity contribution in [2.75, 3.05) is 50.1 Å². The largest absolute Gasteiger partial charge is 0.378 e. The zero-order valence-electron chi connectivity index (χ0n) is 19.2. The fourth-order valence-electron chi connectivity index (χ4n) is 3.92. The normalized spacial score (nSPS) is 13.3. The van der Waals surface area contributed by atoms with E-state index in [-0.39, 0.29) is 30.3 Å². The summed E-state index contributed by atoms with van der Waals surface area (Å²) in [7, 11) is 1.58. The highest BCUT2D eigenvalue weighted by atomic mass is 16.5. The Bertz CT molecular complexity index is 1110. The topological polar surface area (TPSA) is 119 Å². The van der Waals surface area contributed by atoms with Crippen LogP contribution in [0.25, 0.3) is 0 Å². The number of benzene rings is 1. The molecule has 2 amide bonds. The van der Waals surface area contributed by atoms with Gasteiger partial charge >= 0.3 is 0 Å². The number of nitrogens with zero attached hydrogens (tertiary/aromatic N) is 3. The Balaban J connectivity index is 1.52. The number of likely N-dealkylation sites (N-methyl/N-ethyl adjacent to an activating group) is 1. The number of H-pyrrole nitrogens is 1. The van der Waals surface area contributed by atoms with Crippen molar-refractivity contribution in [1.82, 2.24) is 9.88 Å². The maximum atomic E-state index is 12.6. The van der Waals surface area contributed by atoms with E-state index in [0.29, 0.717) is 36.6 Å². The van der Waals surface area contributed by atoms with Crippen molar-refractivity contribution in [1.29, 1.82) is 5.26 Å². The molecule has 0 spiro atoms. The maximum Gasteiger partial charge on any atom is 0.266 e. The summed E-state index contributed by atoms with van der Waals surface area (Å²) >= 11 is 0. The Morgan fingerprint density at radius 1 is 1.21 bits per heavy atom. The number of ether oxygens (including phenoxy) is 1. The van der Waals surface area contributed by atoms with Crippen LogP contribution in [-0.2, 0) is 20.7 Å². The van der Waals surface area contributed by atoms with E-state index in [4.69, 9.17) is 4.74 Å². The second-order valence-electron chi connectivity index (χ2n) is 8.11. The second kappa shape index (κ2) is 10.8. The summed E-state index contributed by atoms with van der Waals surface area (Å²) in [5.74, 6) is -0.482. The van der Waals surface area contributed by atoms with Gasteiger partial charge in [0.05, 0.1) is 19.8 Å². The Morgan fingerprint density at radius 3 is 2.52 bits per heavy atom. The van der Waals surface area contributed by atoms with Crippen LogP contribution >= 0.6 is 0 Å². The SMILES string of the molecule is Cc1[nH]c(=O)c(C#N)c(C)c1CCC(=O)N(C)CC(=O)Nc1ccc(N2CCOCC2)cc1. The number of nitriles is 1. The molecule has 2 N–H and O–H groups in total. The third-order valence-electron chi connectivity index (χ3n) is 5.84. The van der Waals surface area contributed by atoms with Crippen LogP contribution in [0.15, 0.2) is 29.1 Å². The summed E-state index contributed by atoms with van der Waals surface area (Å²) < 4.78 is 5.37. The van der Waals surface area contributed by atoms with Crippen molar-refractivity contribution in [2.45, 2.75) is 26.7 Å². The molecule has 1 aliphatic rings. The van der Waals surface area contributed by atoms with Gasteiger partial charge in [-0.05, 0) is 55.7 Å². The maximum absolute atomic E-state index is 12.6. The lowest BCUT2D eigenvalue weighted by molar-refractivity contribution is -0.133. The van der Waals surface area contributed by atoms with Gasteiger partial charge in [0.2, 0.25) is 11.8 Å². The summed E-state index contributed by atoms with van der Waals surface area (Å²) in [6, 6.07) is 9.52. The third-order valence-corrected chi connectivity index (χ3v) is 5.84. The predicted octanol–water partition coefficient (Wildman–Crippen LogP) is 1.73. The number of aryl methyl sites for hydroxylation is 1. The Labute approximate surface area is 193 Å². The first-order valence-electron chi connectivity index (χ1n) is 10.9. The number of carbonyl (C=O) groups is 2. The van der Waals surface area contributed by atoms with Crippen LogP contribution in [0.4, 0.5) is 11.4 Å². The third kappa shape index (κ3) is 5.99. The molecular weight excluding hydrogens is 422 g/mol.